The monoisotopic (exact) mass is 779 g/mol. The molecule has 0 spiro atoms. The van der Waals surface area contributed by atoms with Gasteiger partial charge in [-0.1, -0.05) is 32.1 Å². The van der Waals surface area contributed by atoms with E-state index in [0.29, 0.717) is 43.6 Å². The van der Waals surface area contributed by atoms with Crippen LogP contribution in [-0.4, -0.2) is 99.3 Å². The Labute approximate surface area is 322 Å². The van der Waals surface area contributed by atoms with Gasteiger partial charge < -0.3 is 24.8 Å². The van der Waals surface area contributed by atoms with E-state index >= 15 is 4.79 Å². The summed E-state index contributed by atoms with van der Waals surface area (Å²) in [6.45, 7) is 11.3. The van der Waals surface area contributed by atoms with Crippen molar-refractivity contribution in [3.63, 3.8) is 0 Å². The Hall–Kier alpha value is -4.40. The first-order valence-corrected chi connectivity index (χ1v) is 20.9. The van der Waals surface area contributed by atoms with Gasteiger partial charge in [0.15, 0.2) is 0 Å². The molecule has 3 aliphatic heterocycles. The minimum atomic E-state index is -4.01. The van der Waals surface area contributed by atoms with E-state index in [-0.39, 0.29) is 25.3 Å². The fraction of sp³-hybridized carbons (Fsp3) is 0.625. The zero-order valence-corrected chi connectivity index (χ0v) is 33.3. The van der Waals surface area contributed by atoms with E-state index < -0.39 is 79.7 Å². The number of sulfonamides is 1. The molecule has 15 heteroatoms. The number of carbonyl (C=O) groups excluding carboxylic acids is 3. The third kappa shape index (κ3) is 7.24. The van der Waals surface area contributed by atoms with Crippen LogP contribution in [0.15, 0.2) is 36.5 Å². The predicted octanol–water partition coefficient (Wildman–Crippen LogP) is 4.55. The zero-order valence-electron chi connectivity index (χ0n) is 32.5. The molecule has 3 N–H and O–H groups in total. The van der Waals surface area contributed by atoms with Crippen molar-refractivity contribution >= 4 is 44.6 Å². The van der Waals surface area contributed by atoms with Gasteiger partial charge in [-0.15, -0.1) is 0 Å². The number of allylic oxidation sites excluding steroid dienone is 1. The van der Waals surface area contributed by atoms with Crippen LogP contribution >= 0.6 is 0 Å². The lowest BCUT2D eigenvalue weighted by molar-refractivity contribution is -0.146. The molecule has 2 aromatic rings. The number of carboxylic acid groups (broad SMARTS) is 1. The van der Waals surface area contributed by atoms with Gasteiger partial charge in [0.2, 0.25) is 27.7 Å². The van der Waals surface area contributed by atoms with Crippen LogP contribution in [-0.2, 0) is 30.8 Å². The maximum atomic E-state index is 15.1. The highest BCUT2D eigenvalue weighted by molar-refractivity contribution is 7.91. The summed E-state index contributed by atoms with van der Waals surface area (Å²) in [4.78, 5) is 63.7. The number of benzene rings is 1. The summed E-state index contributed by atoms with van der Waals surface area (Å²) in [5.41, 5.74) is -1.43. The van der Waals surface area contributed by atoms with E-state index in [0.717, 1.165) is 29.5 Å². The van der Waals surface area contributed by atoms with Crippen LogP contribution in [0.5, 0.6) is 11.6 Å². The fourth-order valence-electron chi connectivity index (χ4n) is 8.69. The average molecular weight is 780 g/mol. The van der Waals surface area contributed by atoms with Gasteiger partial charge in [0.05, 0.1) is 17.9 Å². The van der Waals surface area contributed by atoms with Crippen LogP contribution in [0.25, 0.3) is 10.8 Å². The minimum Gasteiger partial charge on any atom is -0.492 e. The van der Waals surface area contributed by atoms with E-state index in [2.05, 4.69) is 21.9 Å². The second kappa shape index (κ2) is 14.0. The summed E-state index contributed by atoms with van der Waals surface area (Å²) in [6.07, 6.45) is 7.26. The van der Waals surface area contributed by atoms with Crippen LogP contribution < -0.4 is 19.5 Å². The number of hydrogen-bond donors (Lipinski definition) is 3. The number of nitrogens with one attached hydrogen (secondary N) is 2. The maximum absolute atomic E-state index is 15.1. The third-order valence-corrected chi connectivity index (χ3v) is 14.4. The van der Waals surface area contributed by atoms with Gasteiger partial charge in [0.25, 0.3) is 5.91 Å². The quantitative estimate of drug-likeness (QED) is 0.352. The largest absolute Gasteiger partial charge is 0.492 e. The molecule has 14 nitrogen and oxygen atoms in total. The molecule has 4 amide bonds. The summed E-state index contributed by atoms with van der Waals surface area (Å²) < 4.78 is 40.1. The normalized spacial score (nSPS) is 31.1. The molecule has 2 aliphatic carbocycles. The van der Waals surface area contributed by atoms with Crippen molar-refractivity contribution in [3.05, 3.63) is 42.1 Å². The topological polar surface area (TPSA) is 185 Å². The second-order valence-corrected chi connectivity index (χ2v) is 19.8. The lowest BCUT2D eigenvalue weighted by Crippen LogP contribution is -2.62. The van der Waals surface area contributed by atoms with E-state index in [1.165, 1.54) is 9.80 Å². The summed E-state index contributed by atoms with van der Waals surface area (Å²) in [5, 5.41) is 15.0. The Bertz CT molecular complexity index is 2040. The molecule has 7 atom stereocenters. The van der Waals surface area contributed by atoms with E-state index in [1.54, 1.807) is 33.9 Å². The summed E-state index contributed by atoms with van der Waals surface area (Å²) in [7, 11) is -4.01. The number of carbonyl (C=O) groups is 4. The Kier molecular flexibility index (Phi) is 9.86. The highest BCUT2D eigenvalue weighted by atomic mass is 32.2. The smallest absolute Gasteiger partial charge is 0.408 e. The first-order valence-electron chi connectivity index (χ1n) is 19.4. The van der Waals surface area contributed by atoms with Gasteiger partial charge in [-0.25, -0.2) is 18.2 Å². The van der Waals surface area contributed by atoms with Crippen molar-refractivity contribution in [2.24, 2.45) is 17.8 Å². The lowest BCUT2D eigenvalue weighted by atomic mass is 9.85. The molecule has 0 bridgehead atoms. The van der Waals surface area contributed by atoms with Gasteiger partial charge in [-0.2, -0.15) is 0 Å². The van der Waals surface area contributed by atoms with Crippen molar-refractivity contribution in [1.29, 1.82) is 0 Å². The Morgan fingerprint density at radius 2 is 1.87 bits per heavy atom. The lowest BCUT2D eigenvalue weighted by Gasteiger charge is -2.43. The SMILES string of the molecule is CC1CC/C=C\[C@@H]2C[C@@]2(C(=O)NS(=O)(=O)C2(C)CC2)NC(=O)[C@@H]2C[C@@H](Oc3nccc4c5c(ccc34)CCO5)CN2C(=O)[C@@H](N(C(=O)O)C(C)(C)C)[C@H](C)C1. The first kappa shape index (κ1) is 38.9. The van der Waals surface area contributed by atoms with Crippen LogP contribution in [0.3, 0.4) is 0 Å². The number of aromatic nitrogens is 1. The summed E-state index contributed by atoms with van der Waals surface area (Å²) in [5.74, 6) is -1.69. The van der Waals surface area contributed by atoms with E-state index in [4.69, 9.17) is 9.47 Å². The van der Waals surface area contributed by atoms with Crippen molar-refractivity contribution in [2.75, 3.05) is 13.2 Å². The van der Waals surface area contributed by atoms with Crippen molar-refractivity contribution in [2.45, 2.75) is 127 Å². The molecule has 7 rings (SSSR count). The summed E-state index contributed by atoms with van der Waals surface area (Å²) >= 11 is 0. The highest BCUT2D eigenvalue weighted by Gasteiger charge is 2.63. The molecule has 3 fully saturated rings. The van der Waals surface area contributed by atoms with Crippen LogP contribution in [0.2, 0.25) is 0 Å². The third-order valence-electron chi connectivity index (χ3n) is 12.2. The highest BCUT2D eigenvalue weighted by Crippen LogP contribution is 2.48. The van der Waals surface area contributed by atoms with Crippen molar-refractivity contribution < 1.29 is 42.2 Å². The molecule has 298 valence electrons. The van der Waals surface area contributed by atoms with Gasteiger partial charge in [-0.05, 0) is 95.8 Å². The number of fused-ring (bicyclic) bond motifs is 5. The molecule has 0 radical (unpaired) electrons. The molecule has 1 aromatic carbocycles. The fourth-order valence-corrected chi connectivity index (χ4v) is 10.0. The number of nitrogens with zero attached hydrogens (tertiary/aromatic N) is 3. The average Bonchev–Trinajstić information content (AvgIpc) is 3.88. The van der Waals surface area contributed by atoms with Crippen LogP contribution in [0.1, 0.15) is 92.1 Å². The van der Waals surface area contributed by atoms with Crippen molar-refractivity contribution in [3.8, 4) is 11.6 Å². The van der Waals surface area contributed by atoms with Gasteiger partial charge in [-0.3, -0.25) is 24.0 Å². The minimum absolute atomic E-state index is 0.0196. The molecule has 5 aliphatic rings. The standard InChI is InChI=1S/C40H53N5O9S/c1-23-9-7-8-10-26-21-40(26,36(48)43-55(51,52)39(6)15-16-39)42-33(46)30-20-27(54-34-29-12-11-25-14-18-53-32(25)28(29)13-17-41-34)22-44(30)35(47)31(24(2)19-23)45(37(49)50)38(3,4)5/h8,10-13,17,23-24,26-27,30-31H,7,9,14-16,18-22H2,1-6H3,(H,42,46)(H,43,48)(H,49,50)/b10-8-/t23?,24-,26-,27-,30+,31+,40-/m1/s1. The molecule has 4 heterocycles. The van der Waals surface area contributed by atoms with Gasteiger partial charge in [0.1, 0.15) is 29.5 Å². The van der Waals surface area contributed by atoms with E-state index in [9.17, 15) is 27.9 Å². The molecule has 2 saturated carbocycles. The van der Waals surface area contributed by atoms with Crippen LogP contribution in [0, 0.1) is 17.8 Å². The van der Waals surface area contributed by atoms with Gasteiger partial charge >= 0.3 is 6.09 Å². The molecule has 1 saturated heterocycles. The first-order chi connectivity index (χ1) is 25.8. The molecule has 55 heavy (non-hydrogen) atoms. The maximum Gasteiger partial charge on any atom is 0.408 e. The zero-order chi connectivity index (χ0) is 39.7. The second-order valence-electron chi connectivity index (χ2n) is 17.6. The molecule has 1 aromatic heterocycles. The number of ether oxygens (including phenoxy) is 2. The van der Waals surface area contributed by atoms with Gasteiger partial charge in [0, 0.05) is 41.3 Å². The Balaban J connectivity index is 1.26. The molecular formula is C40H53N5O9S. The number of rotatable bonds is 6. The Morgan fingerprint density at radius 3 is 2.56 bits per heavy atom. The predicted molar refractivity (Wildman–Crippen MR) is 204 cm³/mol. The Morgan fingerprint density at radius 1 is 1.13 bits per heavy atom. The van der Waals surface area contributed by atoms with Crippen molar-refractivity contribution in [1.82, 2.24) is 24.8 Å². The summed E-state index contributed by atoms with van der Waals surface area (Å²) in [6, 6.07) is 3.45. The number of pyridine rings is 1. The van der Waals surface area contributed by atoms with Crippen LogP contribution in [0.4, 0.5) is 4.79 Å². The number of amides is 4. The number of hydrogen-bond acceptors (Lipinski definition) is 9. The molecule has 1 unspecified atom stereocenters. The molecular weight excluding hydrogens is 727 g/mol. The van der Waals surface area contributed by atoms with E-state index in [1.807, 2.05) is 37.3 Å².